The van der Waals surface area contributed by atoms with E-state index in [1.807, 2.05) is 0 Å². The van der Waals surface area contributed by atoms with Crippen LogP contribution in [0.3, 0.4) is 0 Å². The highest BCUT2D eigenvalue weighted by Crippen LogP contribution is 2.35. The Morgan fingerprint density at radius 2 is 1.84 bits per heavy atom. The number of nitrogens with one attached hydrogen (secondary N) is 1. The number of rotatable bonds is 7. The smallest absolute Gasteiger partial charge is 0.0497 e. The Balaban J connectivity index is 2.45. The molecule has 1 aliphatic rings. The molecule has 1 saturated carbocycles. The van der Waals surface area contributed by atoms with E-state index < -0.39 is 0 Å². The zero-order valence-corrected chi connectivity index (χ0v) is 13.8. The lowest BCUT2D eigenvalue weighted by molar-refractivity contribution is 0.0425. The van der Waals surface area contributed by atoms with Gasteiger partial charge < -0.3 is 10.1 Å². The number of ether oxygens (including phenoxy) is 1. The van der Waals surface area contributed by atoms with E-state index in [1.165, 1.54) is 25.7 Å². The first-order valence-corrected chi connectivity index (χ1v) is 8.29. The summed E-state index contributed by atoms with van der Waals surface area (Å²) < 4.78 is 5.85. The summed E-state index contributed by atoms with van der Waals surface area (Å²) in [6.45, 7) is 14.3. The molecule has 0 aromatic heterocycles. The lowest BCUT2D eigenvalue weighted by Crippen LogP contribution is -2.43. The van der Waals surface area contributed by atoms with Crippen molar-refractivity contribution >= 4 is 0 Å². The number of hydrogen-bond acceptors (Lipinski definition) is 2. The Morgan fingerprint density at radius 3 is 2.42 bits per heavy atom. The lowest BCUT2D eigenvalue weighted by atomic mass is 9.73. The topological polar surface area (TPSA) is 21.3 Å². The van der Waals surface area contributed by atoms with Crippen molar-refractivity contribution in [2.24, 2.45) is 17.8 Å². The minimum absolute atomic E-state index is 0.233. The maximum Gasteiger partial charge on any atom is 0.0497 e. The molecule has 1 aliphatic carbocycles. The molecule has 0 bridgehead atoms. The Morgan fingerprint density at radius 1 is 1.11 bits per heavy atom. The molecule has 114 valence electrons. The highest BCUT2D eigenvalue weighted by molar-refractivity contribution is 4.83. The third-order valence-electron chi connectivity index (χ3n) is 4.40. The average Bonchev–Trinajstić information content (AvgIpc) is 2.36. The van der Waals surface area contributed by atoms with Crippen LogP contribution >= 0.6 is 0 Å². The van der Waals surface area contributed by atoms with Crippen molar-refractivity contribution in [1.82, 2.24) is 5.32 Å². The van der Waals surface area contributed by atoms with Crippen LogP contribution in [0, 0.1) is 17.8 Å². The molecular weight excluding hydrogens is 234 g/mol. The minimum Gasteiger partial charge on any atom is -0.381 e. The fraction of sp³-hybridized carbons (Fsp3) is 1.00. The van der Waals surface area contributed by atoms with E-state index in [9.17, 15) is 0 Å². The summed E-state index contributed by atoms with van der Waals surface area (Å²) >= 11 is 0. The van der Waals surface area contributed by atoms with Crippen molar-refractivity contribution in [2.75, 3.05) is 19.8 Å². The molecule has 1 fully saturated rings. The molecule has 3 unspecified atom stereocenters. The Kier molecular flexibility index (Phi) is 7.38. The van der Waals surface area contributed by atoms with Crippen LogP contribution in [0.1, 0.15) is 66.7 Å². The van der Waals surface area contributed by atoms with Crippen molar-refractivity contribution in [1.29, 1.82) is 0 Å². The Hall–Kier alpha value is -0.0800. The van der Waals surface area contributed by atoms with Crippen LogP contribution in [0.25, 0.3) is 0 Å². The van der Waals surface area contributed by atoms with E-state index in [4.69, 9.17) is 4.74 Å². The predicted octanol–water partition coefficient (Wildman–Crippen LogP) is 4.24. The predicted molar refractivity (Wildman–Crippen MR) is 83.5 cm³/mol. The second-order valence-electron chi connectivity index (χ2n) is 7.31. The fourth-order valence-electron chi connectivity index (χ4n) is 3.08. The van der Waals surface area contributed by atoms with E-state index >= 15 is 0 Å². The van der Waals surface area contributed by atoms with Gasteiger partial charge in [0.15, 0.2) is 0 Å². The van der Waals surface area contributed by atoms with E-state index in [-0.39, 0.29) is 5.54 Å². The van der Waals surface area contributed by atoms with Crippen molar-refractivity contribution in [3.05, 3.63) is 0 Å². The van der Waals surface area contributed by atoms with Gasteiger partial charge in [0.05, 0.1) is 0 Å². The van der Waals surface area contributed by atoms with Crippen molar-refractivity contribution in [3.8, 4) is 0 Å². The molecule has 1 N–H and O–H groups in total. The first-order chi connectivity index (χ1) is 8.96. The quantitative estimate of drug-likeness (QED) is 0.698. The van der Waals surface area contributed by atoms with Gasteiger partial charge >= 0.3 is 0 Å². The molecule has 0 saturated heterocycles. The summed E-state index contributed by atoms with van der Waals surface area (Å²) in [6.07, 6.45) is 6.63. The molecule has 0 aromatic carbocycles. The molecule has 1 rings (SSSR count). The average molecular weight is 269 g/mol. The molecule has 0 aromatic rings. The zero-order chi connectivity index (χ0) is 14.3. The van der Waals surface area contributed by atoms with Gasteiger partial charge in [-0.1, -0.05) is 26.7 Å². The first kappa shape index (κ1) is 17.0. The van der Waals surface area contributed by atoms with Gasteiger partial charge in [-0.25, -0.2) is 0 Å². The first-order valence-electron chi connectivity index (χ1n) is 8.29. The van der Waals surface area contributed by atoms with Crippen LogP contribution in [-0.4, -0.2) is 25.3 Å². The van der Waals surface area contributed by atoms with Gasteiger partial charge in [0.2, 0.25) is 0 Å². The fourth-order valence-corrected chi connectivity index (χ4v) is 3.08. The molecule has 19 heavy (non-hydrogen) atoms. The summed E-state index contributed by atoms with van der Waals surface area (Å²) in [5, 5.41) is 3.69. The van der Waals surface area contributed by atoms with E-state index in [0.717, 1.165) is 43.9 Å². The van der Waals surface area contributed by atoms with Crippen LogP contribution in [0.2, 0.25) is 0 Å². The molecule has 2 nitrogen and oxygen atoms in total. The molecule has 0 radical (unpaired) electrons. The van der Waals surface area contributed by atoms with Crippen LogP contribution in [-0.2, 0) is 4.74 Å². The molecule has 0 spiro atoms. The maximum absolute atomic E-state index is 5.85. The van der Waals surface area contributed by atoms with Crippen molar-refractivity contribution < 1.29 is 4.74 Å². The second kappa shape index (κ2) is 8.26. The van der Waals surface area contributed by atoms with Gasteiger partial charge in [-0.2, -0.15) is 0 Å². The molecule has 2 heteroatoms. The zero-order valence-electron chi connectivity index (χ0n) is 13.8. The lowest BCUT2D eigenvalue weighted by Gasteiger charge is -2.37. The summed E-state index contributed by atoms with van der Waals surface area (Å²) in [7, 11) is 0. The monoisotopic (exact) mass is 269 g/mol. The van der Waals surface area contributed by atoms with Crippen LogP contribution < -0.4 is 5.32 Å². The number of hydrogen-bond donors (Lipinski definition) is 1. The Labute approximate surface area is 120 Å². The van der Waals surface area contributed by atoms with Gasteiger partial charge in [-0.15, -0.1) is 0 Å². The molecule has 0 heterocycles. The third-order valence-corrected chi connectivity index (χ3v) is 4.40. The second-order valence-corrected chi connectivity index (χ2v) is 7.31. The van der Waals surface area contributed by atoms with Crippen molar-refractivity contribution in [3.63, 3.8) is 0 Å². The van der Waals surface area contributed by atoms with Crippen LogP contribution in [0.4, 0.5) is 0 Å². The summed E-state index contributed by atoms with van der Waals surface area (Å²) in [6, 6.07) is 0. The summed E-state index contributed by atoms with van der Waals surface area (Å²) in [5.41, 5.74) is 0.233. The maximum atomic E-state index is 5.85. The highest BCUT2D eigenvalue weighted by atomic mass is 16.5. The van der Waals surface area contributed by atoms with Gasteiger partial charge in [0.1, 0.15) is 0 Å². The SMILES string of the molecule is CCCOCC1CC(CC)CCC1CNC(C)(C)C. The van der Waals surface area contributed by atoms with E-state index in [0.29, 0.717) is 0 Å². The van der Waals surface area contributed by atoms with Crippen LogP contribution in [0.15, 0.2) is 0 Å². The van der Waals surface area contributed by atoms with Gasteiger partial charge in [-0.05, 0) is 64.3 Å². The molecular formula is C17H35NO. The molecule has 3 atom stereocenters. The van der Waals surface area contributed by atoms with E-state index in [2.05, 4.69) is 39.9 Å². The highest BCUT2D eigenvalue weighted by Gasteiger charge is 2.30. The minimum atomic E-state index is 0.233. The molecule has 0 amide bonds. The van der Waals surface area contributed by atoms with Crippen LogP contribution in [0.5, 0.6) is 0 Å². The van der Waals surface area contributed by atoms with Gasteiger partial charge in [0, 0.05) is 18.8 Å². The van der Waals surface area contributed by atoms with Gasteiger partial charge in [0.25, 0.3) is 0 Å². The summed E-state index contributed by atoms with van der Waals surface area (Å²) in [5.74, 6) is 2.50. The molecule has 0 aliphatic heterocycles. The van der Waals surface area contributed by atoms with E-state index in [1.54, 1.807) is 0 Å². The van der Waals surface area contributed by atoms with Crippen molar-refractivity contribution in [2.45, 2.75) is 72.3 Å². The summed E-state index contributed by atoms with van der Waals surface area (Å²) in [4.78, 5) is 0. The largest absolute Gasteiger partial charge is 0.381 e. The normalized spacial score (nSPS) is 28.6. The van der Waals surface area contributed by atoms with Gasteiger partial charge in [-0.3, -0.25) is 0 Å². The third kappa shape index (κ3) is 6.76. The Bertz CT molecular complexity index is 234. The standard InChI is InChI=1S/C17H35NO/c1-6-10-19-13-16-11-14(7-2)8-9-15(16)12-18-17(3,4)5/h14-16,18H,6-13H2,1-5H3.